The lowest BCUT2D eigenvalue weighted by Crippen LogP contribution is -2.55. The van der Waals surface area contributed by atoms with Gasteiger partial charge in [0.25, 0.3) is 0 Å². The van der Waals surface area contributed by atoms with Gasteiger partial charge in [-0.05, 0) is 38.0 Å². The number of nitrogens with one attached hydrogen (secondary N) is 3. The van der Waals surface area contributed by atoms with Gasteiger partial charge in [0.15, 0.2) is 0 Å². The Hall–Kier alpha value is -4.38. The molecule has 11 heteroatoms. The number of fused-ring (bicyclic) bond motifs is 5. The number of hydrogen-bond donors (Lipinski definition) is 3. The minimum atomic E-state index is -1.35. The number of ether oxygens (including phenoxy) is 3. The van der Waals surface area contributed by atoms with Crippen molar-refractivity contribution >= 4 is 34.8 Å². The van der Waals surface area contributed by atoms with Crippen LogP contribution in [0.5, 0.6) is 0 Å². The number of carbonyl (C=O) groups excluding carboxylic acids is 4. The van der Waals surface area contributed by atoms with Crippen LogP contribution >= 0.6 is 0 Å². The highest BCUT2D eigenvalue weighted by molar-refractivity contribution is 5.94. The van der Waals surface area contributed by atoms with E-state index in [0.717, 1.165) is 22.0 Å². The van der Waals surface area contributed by atoms with Crippen molar-refractivity contribution in [1.82, 2.24) is 20.5 Å². The molecule has 2 atom stereocenters. The van der Waals surface area contributed by atoms with Crippen molar-refractivity contribution < 1.29 is 33.4 Å². The molecule has 4 rings (SSSR count). The van der Waals surface area contributed by atoms with E-state index in [4.69, 9.17) is 14.2 Å². The molecule has 0 saturated carbocycles. The Balaban J connectivity index is 1.53. The number of alkyl carbamates (subject to hydrolysis) is 1. The van der Waals surface area contributed by atoms with Crippen LogP contribution in [0.3, 0.4) is 0 Å². The molecule has 2 aromatic carbocycles. The molecule has 3 aromatic rings. The summed E-state index contributed by atoms with van der Waals surface area (Å²) >= 11 is 0. The molecule has 2 heterocycles. The Morgan fingerprint density at radius 1 is 1.07 bits per heavy atom. The topological polar surface area (TPSA) is 137 Å². The highest BCUT2D eigenvalue weighted by Gasteiger charge is 2.31. The molecule has 3 amide bonds. The van der Waals surface area contributed by atoms with Gasteiger partial charge in [0.1, 0.15) is 24.3 Å². The van der Waals surface area contributed by atoms with E-state index in [2.05, 4.69) is 20.5 Å². The maximum absolute atomic E-state index is 13.6. The van der Waals surface area contributed by atoms with Crippen LogP contribution < -0.4 is 16.0 Å². The second-order valence-corrected chi connectivity index (χ2v) is 11.1. The van der Waals surface area contributed by atoms with Crippen LogP contribution in [-0.4, -0.2) is 65.9 Å². The second-order valence-electron chi connectivity index (χ2n) is 11.1. The third kappa shape index (κ3) is 8.81. The number of rotatable bonds is 7. The first kappa shape index (κ1) is 30.6. The molecule has 1 aromatic heterocycles. The lowest BCUT2D eigenvalue weighted by molar-refractivity contribution is -0.147. The fourth-order valence-corrected chi connectivity index (χ4v) is 4.63. The molecule has 1 aliphatic heterocycles. The zero-order chi connectivity index (χ0) is 30.1. The minimum Gasteiger partial charge on any atom is -0.461 e. The lowest BCUT2D eigenvalue weighted by atomic mass is 10.0. The van der Waals surface area contributed by atoms with Crippen molar-refractivity contribution in [2.75, 3.05) is 19.8 Å². The quantitative estimate of drug-likeness (QED) is 0.367. The molecule has 3 N–H and O–H groups in total. The van der Waals surface area contributed by atoms with Crippen LogP contribution in [0.2, 0.25) is 0 Å². The van der Waals surface area contributed by atoms with Crippen LogP contribution in [0, 0.1) is 0 Å². The zero-order valence-corrected chi connectivity index (χ0v) is 24.2. The zero-order valence-electron chi connectivity index (χ0n) is 24.2. The predicted molar refractivity (Wildman–Crippen MR) is 155 cm³/mol. The first-order valence-corrected chi connectivity index (χ1v) is 14.0. The summed E-state index contributed by atoms with van der Waals surface area (Å²) in [5.41, 5.74) is 1.81. The number of carbonyl (C=O) groups is 4. The number of amides is 3. The van der Waals surface area contributed by atoms with E-state index in [-0.39, 0.29) is 19.6 Å². The van der Waals surface area contributed by atoms with Gasteiger partial charge >= 0.3 is 12.1 Å². The van der Waals surface area contributed by atoms with Gasteiger partial charge in [0.05, 0.1) is 19.6 Å². The van der Waals surface area contributed by atoms with Crippen molar-refractivity contribution in [3.8, 4) is 0 Å². The van der Waals surface area contributed by atoms with E-state index in [9.17, 15) is 19.2 Å². The van der Waals surface area contributed by atoms with Gasteiger partial charge < -0.3 is 34.7 Å². The van der Waals surface area contributed by atoms with Crippen molar-refractivity contribution in [2.45, 2.75) is 64.4 Å². The summed E-state index contributed by atoms with van der Waals surface area (Å²) in [7, 11) is 0. The summed E-state index contributed by atoms with van der Waals surface area (Å²) in [6.45, 7) is 6.78. The maximum Gasteiger partial charge on any atom is 0.408 e. The Morgan fingerprint density at radius 2 is 1.81 bits per heavy atom. The van der Waals surface area contributed by atoms with Crippen LogP contribution in [0.1, 0.15) is 38.3 Å². The normalized spacial score (nSPS) is 16.7. The molecular formula is C31H38N4O7. The van der Waals surface area contributed by atoms with Gasteiger partial charge in [-0.15, -0.1) is 0 Å². The monoisotopic (exact) mass is 578 g/mol. The standard InChI is InChI=1S/C31H38N4O7/c1-31(2,3)42-30(39)34-25(18-27(36)41-20-21-9-5-4-6-10-21)29(38)33-24-17-22-19-35(26-12-8-7-11-23(22)26)14-16-40-15-13-32-28(24)37/h4-12,19,24-25H,13-18,20H2,1-3H3,(H,32,37)(H,33,38)(H,34,39)/t24-,25+/m0/s1. The smallest absolute Gasteiger partial charge is 0.408 e. The van der Waals surface area contributed by atoms with E-state index in [0.29, 0.717) is 19.8 Å². The maximum atomic E-state index is 13.6. The molecule has 0 aliphatic carbocycles. The van der Waals surface area contributed by atoms with E-state index < -0.39 is 48.0 Å². The molecule has 42 heavy (non-hydrogen) atoms. The van der Waals surface area contributed by atoms with Gasteiger partial charge in [0, 0.05) is 36.6 Å². The molecule has 0 saturated heterocycles. The van der Waals surface area contributed by atoms with Gasteiger partial charge in [-0.2, -0.15) is 0 Å². The van der Waals surface area contributed by atoms with Crippen molar-refractivity contribution in [2.24, 2.45) is 0 Å². The van der Waals surface area contributed by atoms with Gasteiger partial charge in [-0.25, -0.2) is 4.79 Å². The van der Waals surface area contributed by atoms with Crippen LogP contribution in [0.15, 0.2) is 60.8 Å². The van der Waals surface area contributed by atoms with E-state index in [1.807, 2.05) is 48.7 Å². The Bertz CT molecular complexity index is 1400. The van der Waals surface area contributed by atoms with Crippen LogP contribution in [0.25, 0.3) is 10.9 Å². The molecule has 0 spiro atoms. The summed E-state index contributed by atoms with van der Waals surface area (Å²) in [6.07, 6.45) is 0.824. The van der Waals surface area contributed by atoms with Crippen molar-refractivity contribution in [1.29, 1.82) is 0 Å². The molecule has 2 bridgehead atoms. The average molecular weight is 579 g/mol. The van der Waals surface area contributed by atoms with E-state index in [1.165, 1.54) is 0 Å². The third-order valence-electron chi connectivity index (χ3n) is 6.57. The highest BCUT2D eigenvalue weighted by atomic mass is 16.6. The van der Waals surface area contributed by atoms with Gasteiger partial charge in [0.2, 0.25) is 11.8 Å². The average Bonchev–Trinajstić information content (AvgIpc) is 3.29. The first-order valence-electron chi connectivity index (χ1n) is 14.0. The molecular weight excluding hydrogens is 540 g/mol. The first-order chi connectivity index (χ1) is 20.1. The molecule has 0 unspecified atom stereocenters. The number of benzene rings is 2. The number of hydrogen-bond acceptors (Lipinski definition) is 7. The SMILES string of the molecule is CC(C)(C)OC(=O)N[C@H](CC(=O)OCc1ccccc1)C(=O)N[C@H]1Cc2cn(c3ccccc23)CCOCCNC1=O. The summed E-state index contributed by atoms with van der Waals surface area (Å²) in [4.78, 5) is 52.2. The van der Waals surface area contributed by atoms with Crippen LogP contribution in [-0.2, 0) is 48.2 Å². The minimum absolute atomic E-state index is 0.0115. The van der Waals surface area contributed by atoms with E-state index >= 15 is 0 Å². The highest BCUT2D eigenvalue weighted by Crippen LogP contribution is 2.23. The summed E-state index contributed by atoms with van der Waals surface area (Å²) in [5, 5.41) is 8.99. The van der Waals surface area contributed by atoms with Crippen molar-refractivity contribution in [3.05, 3.63) is 71.9 Å². The Morgan fingerprint density at radius 3 is 2.57 bits per heavy atom. The van der Waals surface area contributed by atoms with E-state index in [1.54, 1.807) is 32.9 Å². The number of aromatic nitrogens is 1. The third-order valence-corrected chi connectivity index (χ3v) is 6.57. The largest absolute Gasteiger partial charge is 0.461 e. The fourth-order valence-electron chi connectivity index (χ4n) is 4.63. The fraction of sp³-hybridized carbons (Fsp3) is 0.419. The van der Waals surface area contributed by atoms with Gasteiger partial charge in [-0.1, -0.05) is 48.5 Å². The summed E-state index contributed by atoms with van der Waals surface area (Å²) in [6, 6.07) is 14.6. The molecule has 11 nitrogen and oxygen atoms in total. The summed E-state index contributed by atoms with van der Waals surface area (Å²) in [5.74, 6) is -1.82. The molecule has 1 aliphatic rings. The molecule has 0 fully saturated rings. The van der Waals surface area contributed by atoms with Gasteiger partial charge in [-0.3, -0.25) is 14.4 Å². The second kappa shape index (κ2) is 14.0. The summed E-state index contributed by atoms with van der Waals surface area (Å²) < 4.78 is 18.4. The Labute approximate surface area is 244 Å². The number of para-hydroxylation sites is 1. The lowest BCUT2D eigenvalue weighted by Gasteiger charge is -2.25. The van der Waals surface area contributed by atoms with Crippen LogP contribution in [0.4, 0.5) is 4.79 Å². The number of esters is 1. The predicted octanol–water partition coefficient (Wildman–Crippen LogP) is 2.84. The van der Waals surface area contributed by atoms with Crippen molar-refractivity contribution in [3.63, 3.8) is 0 Å². The molecule has 0 radical (unpaired) electrons. The number of nitrogens with zero attached hydrogens (tertiary/aromatic N) is 1. The molecule has 224 valence electrons. The Kier molecular flexibility index (Phi) is 10.2.